The van der Waals surface area contributed by atoms with Crippen molar-refractivity contribution in [1.29, 1.82) is 0 Å². The van der Waals surface area contributed by atoms with E-state index in [1.54, 1.807) is 0 Å². The quantitative estimate of drug-likeness (QED) is 0.862. The van der Waals surface area contributed by atoms with E-state index in [4.69, 9.17) is 4.74 Å². The third-order valence-electron chi connectivity index (χ3n) is 4.38. The number of rotatable bonds is 4. The number of hydrogen-bond acceptors (Lipinski definition) is 3. The summed E-state index contributed by atoms with van der Waals surface area (Å²) in [7, 11) is 0. The highest BCUT2D eigenvalue weighted by molar-refractivity contribution is 5.68. The largest absolute Gasteiger partial charge is 0.444 e. The molecule has 0 aromatic rings. The molecule has 0 aromatic carbocycles. The smallest absolute Gasteiger partial charge is 0.410 e. The first-order chi connectivity index (χ1) is 9.39. The number of carbonyl (C=O) groups excluding carboxylic acids is 1. The van der Waals surface area contributed by atoms with Crippen molar-refractivity contribution in [2.24, 2.45) is 11.8 Å². The summed E-state index contributed by atoms with van der Waals surface area (Å²) in [5, 5.41) is 3.67. The van der Waals surface area contributed by atoms with Gasteiger partial charge in [-0.25, -0.2) is 4.79 Å². The Morgan fingerprint density at radius 2 is 1.95 bits per heavy atom. The standard InChI is InChI=1S/C16H30N2O2/c1-5-13-10-14(13)17-11-12-6-8-18(9-7-12)15(19)20-16(2,3)4/h12-14,17H,5-11H2,1-4H3. The third-order valence-corrected chi connectivity index (χ3v) is 4.38. The number of nitrogens with zero attached hydrogens (tertiary/aromatic N) is 1. The number of likely N-dealkylation sites (tertiary alicyclic amines) is 1. The molecule has 2 aliphatic rings. The average Bonchev–Trinajstić information content (AvgIpc) is 3.13. The van der Waals surface area contributed by atoms with Gasteiger partial charge in [-0.3, -0.25) is 0 Å². The number of hydrogen-bond donors (Lipinski definition) is 1. The first-order valence-electron chi connectivity index (χ1n) is 8.10. The van der Waals surface area contributed by atoms with Gasteiger partial charge in [-0.2, -0.15) is 0 Å². The first kappa shape index (κ1) is 15.6. The Kier molecular flexibility index (Phi) is 4.95. The van der Waals surface area contributed by atoms with Crippen LogP contribution in [0.3, 0.4) is 0 Å². The lowest BCUT2D eigenvalue weighted by Gasteiger charge is -2.33. The van der Waals surface area contributed by atoms with Crippen LogP contribution >= 0.6 is 0 Å². The molecule has 2 unspecified atom stereocenters. The van der Waals surface area contributed by atoms with E-state index in [1.165, 1.54) is 12.8 Å². The van der Waals surface area contributed by atoms with Gasteiger partial charge in [0.2, 0.25) is 0 Å². The normalized spacial score (nSPS) is 27.5. The highest BCUT2D eigenvalue weighted by atomic mass is 16.6. The number of ether oxygens (including phenoxy) is 1. The molecular weight excluding hydrogens is 252 g/mol. The maximum atomic E-state index is 12.0. The third kappa shape index (κ3) is 4.65. The maximum Gasteiger partial charge on any atom is 0.410 e. The molecule has 116 valence electrons. The summed E-state index contributed by atoms with van der Waals surface area (Å²) < 4.78 is 5.42. The molecule has 0 aromatic heterocycles. The molecule has 4 nitrogen and oxygen atoms in total. The van der Waals surface area contributed by atoms with E-state index in [0.717, 1.165) is 44.4 Å². The van der Waals surface area contributed by atoms with Crippen molar-refractivity contribution in [2.75, 3.05) is 19.6 Å². The van der Waals surface area contributed by atoms with E-state index in [2.05, 4.69) is 12.2 Å². The predicted octanol–water partition coefficient (Wildman–Crippen LogP) is 3.02. The minimum atomic E-state index is -0.392. The number of amides is 1. The van der Waals surface area contributed by atoms with Gasteiger partial charge in [0.1, 0.15) is 5.60 Å². The summed E-state index contributed by atoms with van der Waals surface area (Å²) in [6.07, 6.45) is 4.69. The van der Waals surface area contributed by atoms with Gasteiger partial charge in [0.25, 0.3) is 0 Å². The Morgan fingerprint density at radius 3 is 2.45 bits per heavy atom. The van der Waals surface area contributed by atoms with Crippen LogP contribution in [0.4, 0.5) is 4.79 Å². The molecule has 2 rings (SSSR count). The minimum absolute atomic E-state index is 0.155. The molecule has 1 aliphatic heterocycles. The highest BCUT2D eigenvalue weighted by Crippen LogP contribution is 2.33. The zero-order chi connectivity index (χ0) is 14.8. The van der Waals surface area contributed by atoms with E-state index in [1.807, 2.05) is 25.7 Å². The number of nitrogens with one attached hydrogen (secondary N) is 1. The fourth-order valence-corrected chi connectivity index (χ4v) is 2.91. The summed E-state index contributed by atoms with van der Waals surface area (Å²) in [6.45, 7) is 10.8. The summed E-state index contributed by atoms with van der Waals surface area (Å²) in [4.78, 5) is 13.8. The SMILES string of the molecule is CCC1CC1NCC1CCN(C(=O)OC(C)(C)C)CC1. The van der Waals surface area contributed by atoms with Crippen LogP contribution in [0.1, 0.15) is 53.4 Å². The Bertz CT molecular complexity index is 330. The van der Waals surface area contributed by atoms with Gasteiger partial charge >= 0.3 is 6.09 Å². The molecule has 1 N–H and O–H groups in total. The van der Waals surface area contributed by atoms with E-state index >= 15 is 0 Å². The zero-order valence-electron chi connectivity index (χ0n) is 13.4. The molecule has 1 amide bonds. The van der Waals surface area contributed by atoms with Crippen LogP contribution in [0, 0.1) is 11.8 Å². The Balaban J connectivity index is 1.63. The highest BCUT2D eigenvalue weighted by Gasteiger charge is 2.35. The van der Waals surface area contributed by atoms with Crippen molar-refractivity contribution in [1.82, 2.24) is 10.2 Å². The summed E-state index contributed by atoms with van der Waals surface area (Å²) >= 11 is 0. The van der Waals surface area contributed by atoms with Crippen molar-refractivity contribution in [3.05, 3.63) is 0 Å². The minimum Gasteiger partial charge on any atom is -0.444 e. The van der Waals surface area contributed by atoms with Crippen LogP contribution in [-0.4, -0.2) is 42.3 Å². The van der Waals surface area contributed by atoms with Gasteiger partial charge < -0.3 is 15.0 Å². The molecule has 20 heavy (non-hydrogen) atoms. The lowest BCUT2D eigenvalue weighted by molar-refractivity contribution is 0.0184. The van der Waals surface area contributed by atoms with E-state index < -0.39 is 5.60 Å². The molecule has 1 heterocycles. The van der Waals surface area contributed by atoms with Crippen molar-refractivity contribution in [2.45, 2.75) is 65.0 Å². The molecule has 4 heteroatoms. The van der Waals surface area contributed by atoms with Crippen LogP contribution < -0.4 is 5.32 Å². The molecule has 1 saturated heterocycles. The van der Waals surface area contributed by atoms with Crippen LogP contribution in [0.15, 0.2) is 0 Å². The van der Waals surface area contributed by atoms with Crippen molar-refractivity contribution in [3.63, 3.8) is 0 Å². The van der Waals surface area contributed by atoms with Gasteiger partial charge in [-0.15, -0.1) is 0 Å². The molecular formula is C16H30N2O2. The zero-order valence-corrected chi connectivity index (χ0v) is 13.4. The monoisotopic (exact) mass is 282 g/mol. The Hall–Kier alpha value is -0.770. The van der Waals surface area contributed by atoms with Gasteiger partial charge in [0.05, 0.1) is 0 Å². The summed E-state index contributed by atoms with van der Waals surface area (Å²) in [5.41, 5.74) is -0.392. The van der Waals surface area contributed by atoms with Gasteiger partial charge in [-0.05, 0) is 58.4 Å². The summed E-state index contributed by atoms with van der Waals surface area (Å²) in [5.74, 6) is 1.63. The lowest BCUT2D eigenvalue weighted by Crippen LogP contribution is -2.43. The fraction of sp³-hybridized carbons (Fsp3) is 0.938. The fourth-order valence-electron chi connectivity index (χ4n) is 2.91. The second-order valence-electron chi connectivity index (χ2n) is 7.33. The second kappa shape index (κ2) is 6.33. The lowest BCUT2D eigenvalue weighted by atomic mass is 9.97. The molecule has 0 bridgehead atoms. The number of piperidine rings is 1. The second-order valence-corrected chi connectivity index (χ2v) is 7.33. The van der Waals surface area contributed by atoms with Crippen molar-refractivity contribution >= 4 is 6.09 Å². The molecule has 1 saturated carbocycles. The van der Waals surface area contributed by atoms with Crippen molar-refractivity contribution in [3.8, 4) is 0 Å². The number of carbonyl (C=O) groups is 1. The molecule has 0 spiro atoms. The van der Waals surface area contributed by atoms with Gasteiger partial charge in [0, 0.05) is 19.1 Å². The maximum absolute atomic E-state index is 12.0. The van der Waals surface area contributed by atoms with E-state index in [-0.39, 0.29) is 6.09 Å². The molecule has 2 atom stereocenters. The van der Waals surface area contributed by atoms with Crippen LogP contribution in [0.25, 0.3) is 0 Å². The first-order valence-corrected chi connectivity index (χ1v) is 8.10. The molecule has 2 fully saturated rings. The van der Waals surface area contributed by atoms with Crippen LogP contribution in [0.2, 0.25) is 0 Å². The topological polar surface area (TPSA) is 41.6 Å². The van der Waals surface area contributed by atoms with Gasteiger partial charge in [-0.1, -0.05) is 13.3 Å². The molecule has 1 aliphatic carbocycles. The van der Waals surface area contributed by atoms with Crippen molar-refractivity contribution < 1.29 is 9.53 Å². The summed E-state index contributed by atoms with van der Waals surface area (Å²) in [6, 6.07) is 0.767. The Labute approximate surface area is 123 Å². The molecule has 0 radical (unpaired) electrons. The van der Waals surface area contributed by atoms with E-state index in [0.29, 0.717) is 5.92 Å². The van der Waals surface area contributed by atoms with Crippen LogP contribution in [-0.2, 0) is 4.74 Å². The Morgan fingerprint density at radius 1 is 1.30 bits per heavy atom. The van der Waals surface area contributed by atoms with Crippen LogP contribution in [0.5, 0.6) is 0 Å². The predicted molar refractivity (Wildman–Crippen MR) is 80.7 cm³/mol. The average molecular weight is 282 g/mol. The van der Waals surface area contributed by atoms with E-state index in [9.17, 15) is 4.79 Å². The van der Waals surface area contributed by atoms with Gasteiger partial charge in [0.15, 0.2) is 0 Å².